The molecule has 27 nitrogen and oxygen atoms in total. The molecule has 676 valence electrons. The Kier molecular flexibility index (Phi) is 37.0. The Morgan fingerprint density at radius 2 is 0.894 bits per heavy atom. The molecule has 12 atom stereocenters. The van der Waals surface area contributed by atoms with Crippen LogP contribution in [0, 0.1) is 47.3 Å². The number of halogens is 19. The van der Waals surface area contributed by atoms with Crippen molar-refractivity contribution >= 4 is 120 Å². The molecule has 0 radical (unpaired) electrons. The van der Waals surface area contributed by atoms with E-state index in [0.717, 1.165) is 69.9 Å². The number of carbonyl (C=O) groups is 10. The van der Waals surface area contributed by atoms with Gasteiger partial charge in [-0.2, -0.15) is 125 Å². The Hall–Kier alpha value is -6.17. The van der Waals surface area contributed by atoms with Crippen LogP contribution in [0.3, 0.4) is 0 Å². The molecule has 52 heteroatoms. The number of ether oxygens (including phenoxy) is 4. The van der Waals surface area contributed by atoms with Crippen LogP contribution in [0.5, 0.6) is 0 Å². The molecule has 5 N–H and O–H groups in total. The van der Waals surface area contributed by atoms with Crippen molar-refractivity contribution in [3.63, 3.8) is 0 Å². The summed E-state index contributed by atoms with van der Waals surface area (Å²) >= 11 is 11.0. The number of aliphatic carboxylic acids is 2. The van der Waals surface area contributed by atoms with E-state index in [9.17, 15) is 132 Å². The smallest absolute Gasteiger partial charge is 0.870 e. The minimum Gasteiger partial charge on any atom is -0.870 e. The number of allylic oxidation sites excluding steroid dienone is 2. The zero-order chi connectivity index (χ0) is 88.6. The second-order valence-corrected chi connectivity index (χ2v) is 32.8. The maximum absolute atomic E-state index is 13.2. The van der Waals surface area contributed by atoms with Gasteiger partial charge in [-0.05, 0) is 155 Å². The summed E-state index contributed by atoms with van der Waals surface area (Å²) in [6.45, 7) is 5.25. The molecule has 5 heterocycles. The number of rotatable bonds is 15. The van der Waals surface area contributed by atoms with Gasteiger partial charge in [0.15, 0.2) is 40.1 Å². The number of hydrogen-bond donors (Lipinski definition) is 5. The van der Waals surface area contributed by atoms with Crippen molar-refractivity contribution < 1.29 is 215 Å². The second-order valence-electron chi connectivity index (χ2n) is 29.0. The Labute approximate surface area is 747 Å². The normalized spacial score (nSPS) is 24.2. The summed E-state index contributed by atoms with van der Waals surface area (Å²) < 4.78 is 246. The van der Waals surface area contributed by atoms with Gasteiger partial charge in [0.1, 0.15) is 47.4 Å². The van der Waals surface area contributed by atoms with Gasteiger partial charge >= 0.3 is 121 Å². The maximum Gasteiger partial charge on any atom is 1.00 e. The summed E-state index contributed by atoms with van der Waals surface area (Å²) in [6.07, 6.45) is -20.8. The maximum atomic E-state index is 13.2. The van der Waals surface area contributed by atoms with Crippen molar-refractivity contribution in [1.82, 2.24) is 39.1 Å². The Balaban J connectivity index is 0.000000253. The van der Waals surface area contributed by atoms with Gasteiger partial charge in [0.2, 0.25) is 0 Å². The first-order valence-electron chi connectivity index (χ1n) is 37.0. The number of Topliss-reactive ketones (excluding diaryl/α,β-unsaturated/α-hetero) is 4. The molecule has 0 amide bonds. The molecule has 1 aliphatic heterocycles. The number of aromatic nitrogens is 8. The Morgan fingerprint density at radius 1 is 0.496 bits per heavy atom. The summed E-state index contributed by atoms with van der Waals surface area (Å²) in [7, 11) is 0. The van der Waals surface area contributed by atoms with Gasteiger partial charge in [-0.25, -0.2) is 14.2 Å². The van der Waals surface area contributed by atoms with Crippen molar-refractivity contribution in [2.75, 3.05) is 56.0 Å². The number of nitrogens with zero attached hydrogens (tertiary/aromatic N) is 8. The van der Waals surface area contributed by atoms with Crippen LogP contribution in [0.2, 0.25) is 0 Å². The van der Waals surface area contributed by atoms with Crippen molar-refractivity contribution in [1.29, 1.82) is 0 Å². The first-order valence-corrected chi connectivity index (χ1v) is 40.3. The van der Waals surface area contributed by atoms with Gasteiger partial charge in [0.25, 0.3) is 0 Å². The number of esters is 4. The summed E-state index contributed by atoms with van der Waals surface area (Å²) in [4.78, 5) is 110. The average Bonchev–Trinajstić information content (AvgIpc) is 1.50. The third kappa shape index (κ3) is 25.5. The fourth-order valence-corrected chi connectivity index (χ4v) is 19.3. The number of fused-ring (bicyclic) bond motifs is 16. The van der Waals surface area contributed by atoms with Crippen LogP contribution >= 0.6 is 61.2 Å². The fraction of sp³-hybridized carbons (Fsp3) is 0.662. The van der Waals surface area contributed by atoms with Crippen LogP contribution in [0.15, 0.2) is 11.3 Å². The van der Waals surface area contributed by atoms with E-state index in [1.165, 1.54) is 18.0 Å². The van der Waals surface area contributed by atoms with E-state index in [1.54, 1.807) is 44.3 Å². The fourth-order valence-electron chi connectivity index (χ4n) is 15.5. The molecular weight excluding hydrogens is 1800 g/mol. The molecule has 4 aromatic rings. The van der Waals surface area contributed by atoms with Crippen LogP contribution < -0.4 is 59.3 Å². The summed E-state index contributed by atoms with van der Waals surface area (Å²) in [5, 5.41) is 42.2. The number of ketones is 4. The minimum atomic E-state index is -4.89. The zero-order valence-electron chi connectivity index (χ0n) is 65.9. The van der Waals surface area contributed by atoms with E-state index in [-0.39, 0.29) is 180 Å². The van der Waals surface area contributed by atoms with Crippen molar-refractivity contribution in [2.45, 2.75) is 189 Å². The van der Waals surface area contributed by atoms with Crippen LogP contribution in [0.25, 0.3) is 0 Å². The number of thiol groups is 2. The number of carboxylic acid groups (broad SMARTS) is 2. The van der Waals surface area contributed by atoms with Gasteiger partial charge in [0.05, 0.1) is 38.5 Å². The molecule has 1 spiro atoms. The Morgan fingerprint density at radius 3 is 1.28 bits per heavy atom. The third-order valence-corrected chi connectivity index (χ3v) is 25.1. The number of hydrogen-bond acceptors (Lipinski definition) is 25. The molecule has 8 saturated carbocycles. The number of alkyl halides is 18. The molecular formula is C71H80ClF18LiN9NaO18S4. The predicted octanol–water partition coefficient (Wildman–Crippen LogP) is 5.78. The number of carboxylic acids is 2. The van der Waals surface area contributed by atoms with E-state index < -0.39 is 148 Å². The van der Waals surface area contributed by atoms with Crippen molar-refractivity contribution in [3.8, 4) is 0 Å². The molecule has 4 aromatic heterocycles. The van der Waals surface area contributed by atoms with Crippen LogP contribution in [-0.4, -0.2) is 182 Å². The minimum absolute atomic E-state index is 0. The second kappa shape index (κ2) is 42.4. The summed E-state index contributed by atoms with van der Waals surface area (Å²) in [5.41, 5.74) is 1.92. The first kappa shape index (κ1) is 107. The largest absolute Gasteiger partial charge is 1.00 e. The SMILES string of the molecule is CCOC(=O)C(F)(F)F.CCOC(=O)CCN.CCOC(=O)Cn1nc(C(F)(F)F)c2c1C(=O)C1CC21.CCOC(=O)Cn1nc(C(F)(F)F)c2c1CC1CC21.Cl.O=C(O)Cn1nc(C(F)(F)F)c2c1C(=O)C1CC21.O=C(O)Cn1nc(C(F)(F)F)c2c1C1(SCCS1)C1CC21.O=C1CC2CC2/C1=C(/[O-])C(F)(F)F.O=C1CC2CC2C1.SCCS.[Li+].[Na+].[OH-]. The number of thioether (sulfide) groups is 2. The Bertz CT molecular complexity index is 4570. The third-order valence-electron chi connectivity index (χ3n) is 20.6. The van der Waals surface area contributed by atoms with Crippen LogP contribution in [0.4, 0.5) is 79.0 Å². The summed E-state index contributed by atoms with van der Waals surface area (Å²) in [6, 6.07) is 0. The van der Waals surface area contributed by atoms with Crippen LogP contribution in [-0.2, 0) is 119 Å². The molecule has 12 unspecified atom stereocenters. The zero-order valence-corrected chi connectivity index (χ0v) is 72.2. The molecule has 123 heavy (non-hydrogen) atoms. The molecule has 1 saturated heterocycles. The van der Waals surface area contributed by atoms with Gasteiger partial charge in [0, 0.05) is 77.1 Å². The molecule has 0 bridgehead atoms. The molecule has 9 fully saturated rings. The number of nitrogens with two attached hydrogens (primary N) is 1. The standard InChI is InChI=1S/C12H11F3N2O3.C12H11F3N2O2S2.C12H13F3N2O2.C10H7F3N2O3.C8H7F3O2.C6H8O.C5H11NO2.C4H5F3O2.C2H6S2.ClH.Li.Na.H2O/c1-2-20-7(18)4-17-9-8(5-3-6(5)10(9)19)11(16-17)12(13,14)15;13-12(14,15)9-8-5-3-6(5)11(20-1-2-21-11)10(8)17(16-9)4-7(18)19;1-2-19-9(18)5-17-8-4-6-3-7(6)10(8)11(16-17)12(13,14)15;11-10(12,13)9-6-3-1-4(3)8(18)7(6)15(14-9)2-5(16)17;9-8(10,11)7(13)6-4-1-3(4)2-5(6)12;7-6-2-4-1-5(4)3-6;1-2-8-5(7)3-4-6;1-2-9-3(8)4(5,6)7;3-1-2-4;;;;/h5-6H,2-4H2,1H3;5-6H,1-4H2,(H,18,19);6-7H,2-5H2,1H3;3-4H,1-2H2,(H,16,17);3-4,13H,1-2H2;4-5H,1-3H2;2-4,6H2,1H3;2H2,1H3;3-4H,1-2H2;1H;;;1H2/q;;;;;;;;;;2*+1;/p-2/b;;;;7-6-;;;;;;;;. The van der Waals surface area contributed by atoms with E-state index in [1.807, 2.05) is 0 Å². The predicted molar refractivity (Wildman–Crippen MR) is 390 cm³/mol. The first-order chi connectivity index (χ1) is 55.4. The topological polar surface area (TPSA) is 398 Å². The van der Waals surface area contributed by atoms with E-state index >= 15 is 0 Å². The van der Waals surface area contributed by atoms with Gasteiger partial charge in [-0.1, -0.05) is 0 Å². The molecule has 12 aliphatic carbocycles. The van der Waals surface area contributed by atoms with E-state index in [0.29, 0.717) is 78.6 Å². The monoisotopic (exact) mass is 1880 g/mol. The quantitative estimate of drug-likeness (QED) is 0.0179. The van der Waals surface area contributed by atoms with E-state index in [2.05, 4.69) is 59.9 Å². The average molecular weight is 1880 g/mol. The van der Waals surface area contributed by atoms with Crippen molar-refractivity contribution in [2.24, 2.45) is 53.1 Å². The van der Waals surface area contributed by atoms with Gasteiger partial charge in [-0.3, -0.25) is 52.5 Å². The molecule has 13 aliphatic rings. The van der Waals surface area contributed by atoms with Crippen molar-refractivity contribution in [3.05, 3.63) is 79.1 Å². The summed E-state index contributed by atoms with van der Waals surface area (Å²) in [5.74, 6) is -5.26. The molecule has 0 aromatic carbocycles. The van der Waals surface area contributed by atoms with Gasteiger partial charge < -0.3 is 45.5 Å². The number of carbonyl (C=O) groups excluding carboxylic acids is 8. The molecule has 17 rings (SSSR count). The van der Waals surface area contributed by atoms with Gasteiger partial charge in [-0.15, -0.1) is 35.9 Å². The van der Waals surface area contributed by atoms with E-state index in [4.69, 9.17) is 20.7 Å². The van der Waals surface area contributed by atoms with Crippen LogP contribution in [0.1, 0.15) is 193 Å².